The third-order valence-corrected chi connectivity index (χ3v) is 4.69. The summed E-state index contributed by atoms with van der Waals surface area (Å²) < 4.78 is 0. The number of carbonyl (C=O) groups is 1. The lowest BCUT2D eigenvalue weighted by Crippen LogP contribution is -2.37. The van der Waals surface area contributed by atoms with E-state index < -0.39 is 0 Å². The van der Waals surface area contributed by atoms with Gasteiger partial charge in [0.1, 0.15) is 0 Å². The van der Waals surface area contributed by atoms with E-state index in [9.17, 15) is 4.79 Å². The largest absolute Gasteiger partial charge is 0.368 e. The minimum absolute atomic E-state index is 0.00463. The summed E-state index contributed by atoms with van der Waals surface area (Å²) in [6.45, 7) is 2.23. The van der Waals surface area contributed by atoms with Gasteiger partial charge < -0.3 is 5.73 Å². The maximum absolute atomic E-state index is 10.6. The van der Waals surface area contributed by atoms with Crippen LogP contribution in [0.25, 0.3) is 0 Å². The summed E-state index contributed by atoms with van der Waals surface area (Å²) in [5.41, 5.74) is 6.47. The normalized spacial score (nSPS) is 26.3. The first-order valence-corrected chi connectivity index (χ1v) is 8.19. The second kappa shape index (κ2) is 8.25. The highest BCUT2D eigenvalue weighted by molar-refractivity contribution is 5.80. The van der Waals surface area contributed by atoms with Gasteiger partial charge in [0.2, 0.25) is 5.91 Å². The fourth-order valence-corrected chi connectivity index (χ4v) is 3.34. The first-order chi connectivity index (χ1) is 10.6. The van der Waals surface area contributed by atoms with Gasteiger partial charge in [0.25, 0.3) is 0 Å². The smallest absolute Gasteiger partial charge is 0.234 e. The predicted molar refractivity (Wildman–Crippen MR) is 88.3 cm³/mol. The Labute approximate surface area is 133 Å². The van der Waals surface area contributed by atoms with E-state index >= 15 is 0 Å². The van der Waals surface area contributed by atoms with Gasteiger partial charge in [-0.25, -0.2) is 0 Å². The van der Waals surface area contributed by atoms with Crippen LogP contribution >= 0.6 is 0 Å². The van der Waals surface area contributed by atoms with Crippen LogP contribution in [-0.4, -0.2) is 53.9 Å². The van der Waals surface area contributed by atoms with E-state index in [0.717, 1.165) is 19.4 Å². The summed E-state index contributed by atoms with van der Waals surface area (Å²) in [6, 6.07) is 4.81. The van der Waals surface area contributed by atoms with E-state index in [1.54, 1.807) is 0 Å². The highest BCUT2D eigenvalue weighted by atomic mass is 16.1. The number of likely N-dealkylation sites (N-methyl/N-ethyl adjacent to an activating group) is 1. The van der Waals surface area contributed by atoms with E-state index in [1.165, 1.54) is 31.4 Å². The molecule has 2 atom stereocenters. The number of nitrogens with two attached hydrogens (primary N) is 1. The van der Waals surface area contributed by atoms with Crippen molar-refractivity contribution in [1.29, 1.82) is 0 Å². The second-order valence-corrected chi connectivity index (χ2v) is 6.32. The van der Waals surface area contributed by atoms with E-state index in [4.69, 9.17) is 5.73 Å². The maximum Gasteiger partial charge on any atom is 0.234 e. The molecular formula is C17H28N4O. The molecule has 2 aliphatic rings. The number of hydrogen-bond donors (Lipinski definition) is 1. The van der Waals surface area contributed by atoms with Gasteiger partial charge in [-0.3, -0.25) is 19.6 Å². The van der Waals surface area contributed by atoms with Crippen molar-refractivity contribution in [1.82, 2.24) is 14.8 Å². The minimum Gasteiger partial charge on any atom is -0.368 e. The molecule has 2 fully saturated rings. The third kappa shape index (κ3) is 4.52. The Bertz CT molecular complexity index is 465. The van der Waals surface area contributed by atoms with Crippen molar-refractivity contribution in [3.63, 3.8) is 0 Å². The molecule has 1 amide bonds. The zero-order valence-corrected chi connectivity index (χ0v) is 13.7. The molecule has 2 unspecified atom stereocenters. The number of nitrogens with zero attached hydrogens (tertiary/aromatic N) is 3. The fraction of sp³-hybridized carbons (Fsp3) is 0.647. The Morgan fingerprint density at radius 2 is 1.95 bits per heavy atom. The van der Waals surface area contributed by atoms with Crippen LogP contribution in [-0.2, 0) is 4.79 Å². The molecule has 2 N–H and O–H groups in total. The number of amides is 1. The number of rotatable bonds is 2. The SMILES string of the molecule is CN1CCCC1C(N)=O.CN1CCCCC1c1cccnc1. The lowest BCUT2D eigenvalue weighted by Gasteiger charge is -2.32. The average molecular weight is 304 g/mol. The highest BCUT2D eigenvalue weighted by Crippen LogP contribution is 2.28. The quantitative estimate of drug-likeness (QED) is 0.905. The molecule has 2 aliphatic heterocycles. The van der Waals surface area contributed by atoms with Gasteiger partial charge >= 0.3 is 0 Å². The molecule has 0 aliphatic carbocycles. The Kier molecular flexibility index (Phi) is 6.34. The number of aromatic nitrogens is 1. The van der Waals surface area contributed by atoms with Gasteiger partial charge in [-0.15, -0.1) is 0 Å². The average Bonchev–Trinajstić information content (AvgIpc) is 2.96. The summed E-state index contributed by atoms with van der Waals surface area (Å²) in [5, 5.41) is 0. The number of hydrogen-bond acceptors (Lipinski definition) is 4. The molecule has 0 aromatic carbocycles. The molecule has 0 spiro atoms. The van der Waals surface area contributed by atoms with Crippen LogP contribution < -0.4 is 5.73 Å². The Morgan fingerprint density at radius 1 is 1.18 bits per heavy atom. The minimum atomic E-state index is -0.185. The Morgan fingerprint density at radius 3 is 2.45 bits per heavy atom. The van der Waals surface area contributed by atoms with E-state index in [-0.39, 0.29) is 11.9 Å². The van der Waals surface area contributed by atoms with Crippen LogP contribution in [0, 0.1) is 0 Å². The van der Waals surface area contributed by atoms with Gasteiger partial charge in [-0.2, -0.15) is 0 Å². The van der Waals surface area contributed by atoms with E-state index in [1.807, 2.05) is 30.4 Å². The molecule has 0 radical (unpaired) electrons. The molecule has 1 aromatic heterocycles. The first kappa shape index (κ1) is 16.9. The Balaban J connectivity index is 0.000000172. The van der Waals surface area contributed by atoms with Crippen molar-refractivity contribution < 1.29 is 4.79 Å². The molecule has 122 valence electrons. The number of carbonyl (C=O) groups excluding carboxylic acids is 1. The van der Waals surface area contributed by atoms with Crippen LogP contribution in [0.2, 0.25) is 0 Å². The molecule has 5 heteroatoms. The monoisotopic (exact) mass is 304 g/mol. The summed E-state index contributed by atoms with van der Waals surface area (Å²) in [4.78, 5) is 19.2. The predicted octanol–water partition coefficient (Wildman–Crippen LogP) is 1.80. The number of piperidine rings is 1. The van der Waals surface area contributed by atoms with Crippen LogP contribution in [0.1, 0.15) is 43.7 Å². The maximum atomic E-state index is 10.6. The fourth-order valence-electron chi connectivity index (χ4n) is 3.34. The zero-order valence-electron chi connectivity index (χ0n) is 13.7. The molecule has 3 heterocycles. The van der Waals surface area contributed by atoms with Crippen LogP contribution in [0.5, 0.6) is 0 Å². The lowest BCUT2D eigenvalue weighted by atomic mass is 9.97. The summed E-state index contributed by atoms with van der Waals surface area (Å²) in [7, 11) is 4.14. The summed E-state index contributed by atoms with van der Waals surface area (Å²) in [5.74, 6) is -0.185. The van der Waals surface area contributed by atoms with Crippen molar-refractivity contribution >= 4 is 5.91 Å². The topological polar surface area (TPSA) is 62.5 Å². The van der Waals surface area contributed by atoms with Crippen LogP contribution in [0.3, 0.4) is 0 Å². The van der Waals surface area contributed by atoms with Crippen molar-refractivity contribution in [2.45, 2.75) is 44.2 Å². The molecule has 3 rings (SSSR count). The molecule has 0 bridgehead atoms. The Hall–Kier alpha value is -1.46. The number of pyridine rings is 1. The van der Waals surface area contributed by atoms with Crippen molar-refractivity contribution in [2.24, 2.45) is 5.73 Å². The molecule has 22 heavy (non-hydrogen) atoms. The van der Waals surface area contributed by atoms with Crippen molar-refractivity contribution in [2.75, 3.05) is 27.2 Å². The number of primary amides is 1. The molecule has 0 saturated carbocycles. The standard InChI is InChI=1S/C11H16N2.C6H12N2O/c1-13-8-3-2-6-11(13)10-5-4-7-12-9-10;1-8-4-2-3-5(8)6(7)9/h4-5,7,9,11H,2-3,6,8H2,1H3;5H,2-4H2,1H3,(H2,7,9). The second-order valence-electron chi connectivity index (χ2n) is 6.32. The third-order valence-electron chi connectivity index (χ3n) is 4.69. The van der Waals surface area contributed by atoms with E-state index in [2.05, 4.69) is 23.0 Å². The van der Waals surface area contributed by atoms with Crippen LogP contribution in [0.4, 0.5) is 0 Å². The highest BCUT2D eigenvalue weighted by Gasteiger charge is 2.25. The van der Waals surface area contributed by atoms with Crippen molar-refractivity contribution in [3.05, 3.63) is 30.1 Å². The van der Waals surface area contributed by atoms with Crippen LogP contribution in [0.15, 0.2) is 24.5 Å². The van der Waals surface area contributed by atoms with Gasteiger partial charge in [0.05, 0.1) is 6.04 Å². The van der Waals surface area contributed by atoms with E-state index in [0.29, 0.717) is 6.04 Å². The van der Waals surface area contributed by atoms with Gasteiger partial charge in [0, 0.05) is 18.4 Å². The van der Waals surface area contributed by atoms with Gasteiger partial charge in [0.15, 0.2) is 0 Å². The lowest BCUT2D eigenvalue weighted by molar-refractivity contribution is -0.121. The first-order valence-electron chi connectivity index (χ1n) is 8.19. The molecular weight excluding hydrogens is 276 g/mol. The summed E-state index contributed by atoms with van der Waals surface area (Å²) >= 11 is 0. The van der Waals surface area contributed by atoms with Gasteiger partial charge in [-0.1, -0.05) is 12.5 Å². The summed E-state index contributed by atoms with van der Waals surface area (Å²) in [6.07, 6.45) is 9.84. The zero-order chi connectivity index (χ0) is 15.9. The van der Waals surface area contributed by atoms with Crippen molar-refractivity contribution in [3.8, 4) is 0 Å². The number of likely N-dealkylation sites (tertiary alicyclic amines) is 2. The molecule has 2 saturated heterocycles. The van der Waals surface area contributed by atoms with Gasteiger partial charge in [-0.05, 0) is 64.5 Å². The molecule has 1 aromatic rings. The molecule has 5 nitrogen and oxygen atoms in total.